The molecule has 0 spiro atoms. The molecule has 0 atom stereocenters. The summed E-state index contributed by atoms with van der Waals surface area (Å²) in [6, 6.07) is 10.4. The van der Waals surface area contributed by atoms with Gasteiger partial charge in [-0.25, -0.2) is 4.39 Å². The van der Waals surface area contributed by atoms with Gasteiger partial charge < -0.3 is 0 Å². The van der Waals surface area contributed by atoms with Gasteiger partial charge in [-0.3, -0.25) is 4.79 Å². The molecule has 0 aliphatic heterocycles. The number of carbonyl (C=O) groups excluding carboxylic acids is 1. The summed E-state index contributed by atoms with van der Waals surface area (Å²) in [6.07, 6.45) is 0. The first-order chi connectivity index (χ1) is 9.58. The molecule has 0 bridgehead atoms. The van der Waals surface area contributed by atoms with Crippen molar-refractivity contribution in [1.82, 2.24) is 0 Å². The molecule has 0 fully saturated rings. The van der Waals surface area contributed by atoms with Crippen LogP contribution in [0.3, 0.4) is 0 Å². The number of ketones is 1. The van der Waals surface area contributed by atoms with Gasteiger partial charge >= 0.3 is 0 Å². The molecule has 0 aliphatic carbocycles. The zero-order valence-corrected chi connectivity index (χ0v) is 13.0. The van der Waals surface area contributed by atoms with Crippen LogP contribution < -0.4 is 0 Å². The molecule has 2 aromatic carbocycles. The highest BCUT2D eigenvalue weighted by Crippen LogP contribution is 2.33. The number of rotatable bonds is 2. The molecule has 100 valence electrons. The van der Waals surface area contributed by atoms with E-state index in [0.717, 1.165) is 14.6 Å². The van der Waals surface area contributed by atoms with Crippen molar-refractivity contribution in [1.29, 1.82) is 0 Å². The second kappa shape index (κ2) is 5.11. The van der Waals surface area contributed by atoms with Crippen LogP contribution in [0.25, 0.3) is 10.1 Å². The third kappa shape index (κ3) is 2.19. The summed E-state index contributed by atoms with van der Waals surface area (Å²) in [5, 5.41) is 2.73. The van der Waals surface area contributed by atoms with E-state index in [0.29, 0.717) is 16.7 Å². The quantitative estimate of drug-likeness (QED) is 0.571. The summed E-state index contributed by atoms with van der Waals surface area (Å²) in [5.41, 5.74) is 1.54. The second-order valence-electron chi connectivity index (χ2n) is 4.56. The maximum absolute atomic E-state index is 13.6. The molecule has 0 saturated carbocycles. The lowest BCUT2D eigenvalue weighted by atomic mass is 10.0. The van der Waals surface area contributed by atoms with E-state index in [1.165, 1.54) is 17.4 Å². The van der Waals surface area contributed by atoms with Crippen molar-refractivity contribution in [2.24, 2.45) is 0 Å². The summed E-state index contributed by atoms with van der Waals surface area (Å²) >= 11 is 4.99. The topological polar surface area (TPSA) is 17.1 Å². The number of carbonyl (C=O) groups is 1. The Bertz CT molecular complexity index is 822. The highest BCUT2D eigenvalue weighted by molar-refractivity contribution is 9.10. The average Bonchev–Trinajstić information content (AvgIpc) is 2.86. The van der Waals surface area contributed by atoms with Gasteiger partial charge in [0, 0.05) is 31.1 Å². The van der Waals surface area contributed by atoms with E-state index in [4.69, 9.17) is 0 Å². The number of hydrogen-bond acceptors (Lipinski definition) is 2. The Kier molecular flexibility index (Phi) is 3.44. The third-order valence-electron chi connectivity index (χ3n) is 3.23. The highest BCUT2D eigenvalue weighted by atomic mass is 79.9. The van der Waals surface area contributed by atoms with Gasteiger partial charge in [-0.1, -0.05) is 24.3 Å². The van der Waals surface area contributed by atoms with Crippen LogP contribution >= 0.6 is 27.3 Å². The molecule has 0 saturated heterocycles. The Morgan fingerprint density at radius 3 is 2.80 bits per heavy atom. The van der Waals surface area contributed by atoms with Crippen molar-refractivity contribution in [3.63, 3.8) is 0 Å². The number of hydrogen-bond donors (Lipinski definition) is 0. The van der Waals surface area contributed by atoms with Crippen molar-refractivity contribution >= 4 is 43.1 Å². The number of halogens is 2. The minimum absolute atomic E-state index is 0.145. The van der Waals surface area contributed by atoms with Crippen LogP contribution in [-0.2, 0) is 0 Å². The van der Waals surface area contributed by atoms with Gasteiger partial charge in [0.15, 0.2) is 5.78 Å². The normalized spacial score (nSPS) is 10.9. The van der Waals surface area contributed by atoms with E-state index in [1.807, 2.05) is 23.6 Å². The number of thiophene rings is 1. The monoisotopic (exact) mass is 348 g/mol. The summed E-state index contributed by atoms with van der Waals surface area (Å²) < 4.78 is 15.6. The van der Waals surface area contributed by atoms with E-state index < -0.39 is 0 Å². The smallest absolute Gasteiger partial charge is 0.194 e. The minimum Gasteiger partial charge on any atom is -0.289 e. The van der Waals surface area contributed by atoms with Crippen LogP contribution in [0.1, 0.15) is 21.5 Å². The Labute approximate surface area is 128 Å². The van der Waals surface area contributed by atoms with Gasteiger partial charge in [-0.15, -0.1) is 11.3 Å². The zero-order chi connectivity index (χ0) is 14.3. The fourth-order valence-electron chi connectivity index (χ4n) is 2.09. The van der Waals surface area contributed by atoms with Crippen LogP contribution in [0.5, 0.6) is 0 Å². The summed E-state index contributed by atoms with van der Waals surface area (Å²) in [4.78, 5) is 12.5. The molecule has 20 heavy (non-hydrogen) atoms. The molecule has 3 rings (SSSR count). The van der Waals surface area contributed by atoms with Gasteiger partial charge in [0.25, 0.3) is 0 Å². The lowest BCUT2D eigenvalue weighted by Crippen LogP contribution is -2.01. The van der Waals surface area contributed by atoms with Crippen molar-refractivity contribution in [2.75, 3.05) is 0 Å². The molecule has 1 nitrogen and oxygen atoms in total. The van der Waals surface area contributed by atoms with Crippen LogP contribution in [0.15, 0.2) is 46.3 Å². The standard InChI is InChI=1S/C16H10BrFOS/c1-9-5-6-10(7-14(9)18)15(19)12-8-20-16-11(12)3-2-4-13(16)17/h2-8H,1H3. The predicted octanol–water partition coefficient (Wildman–Crippen LogP) is 5.34. The van der Waals surface area contributed by atoms with Gasteiger partial charge in [0.1, 0.15) is 5.82 Å². The highest BCUT2D eigenvalue weighted by Gasteiger charge is 2.16. The molecule has 3 aromatic rings. The second-order valence-corrected chi connectivity index (χ2v) is 6.29. The predicted molar refractivity (Wildman–Crippen MR) is 84.1 cm³/mol. The first-order valence-corrected chi connectivity index (χ1v) is 7.72. The maximum atomic E-state index is 13.6. The fraction of sp³-hybridized carbons (Fsp3) is 0.0625. The van der Waals surface area contributed by atoms with E-state index in [1.54, 1.807) is 19.1 Å². The summed E-state index contributed by atoms with van der Waals surface area (Å²) in [6.45, 7) is 1.68. The Balaban J connectivity index is 2.13. The van der Waals surface area contributed by atoms with E-state index >= 15 is 0 Å². The van der Waals surface area contributed by atoms with Crippen LogP contribution in [0.2, 0.25) is 0 Å². The van der Waals surface area contributed by atoms with Gasteiger partial charge in [0.2, 0.25) is 0 Å². The fourth-order valence-corrected chi connectivity index (χ4v) is 3.69. The Morgan fingerprint density at radius 1 is 1.25 bits per heavy atom. The molecule has 0 unspecified atom stereocenters. The molecule has 4 heteroatoms. The summed E-state index contributed by atoms with van der Waals surface area (Å²) in [5.74, 6) is -0.496. The molecule has 0 N–H and O–H groups in total. The zero-order valence-electron chi connectivity index (χ0n) is 10.6. The van der Waals surface area contributed by atoms with Gasteiger partial charge in [0.05, 0.1) is 0 Å². The molecule has 0 aliphatic rings. The Hall–Kier alpha value is -1.52. The maximum Gasteiger partial charge on any atom is 0.194 e. The third-order valence-corrected chi connectivity index (χ3v) is 5.18. The van der Waals surface area contributed by atoms with E-state index in [9.17, 15) is 9.18 Å². The summed E-state index contributed by atoms with van der Waals surface area (Å²) in [7, 11) is 0. The SMILES string of the molecule is Cc1ccc(C(=O)c2csc3c(Br)cccc23)cc1F. The number of benzene rings is 2. The van der Waals surface area contributed by atoms with Crippen LogP contribution in [0.4, 0.5) is 4.39 Å². The Morgan fingerprint density at radius 2 is 2.05 bits per heavy atom. The molecular formula is C16H10BrFOS. The molecule has 1 aromatic heterocycles. The molecule has 0 radical (unpaired) electrons. The van der Waals surface area contributed by atoms with Gasteiger partial charge in [-0.2, -0.15) is 0 Å². The van der Waals surface area contributed by atoms with E-state index in [-0.39, 0.29) is 11.6 Å². The minimum atomic E-state index is -0.350. The lowest BCUT2D eigenvalue weighted by Gasteiger charge is -2.02. The van der Waals surface area contributed by atoms with Crippen LogP contribution in [-0.4, -0.2) is 5.78 Å². The van der Waals surface area contributed by atoms with E-state index in [2.05, 4.69) is 15.9 Å². The number of aryl methyl sites for hydroxylation is 1. The van der Waals surface area contributed by atoms with Crippen molar-refractivity contribution in [3.05, 3.63) is 68.8 Å². The molecule has 0 amide bonds. The van der Waals surface area contributed by atoms with Crippen molar-refractivity contribution in [2.45, 2.75) is 6.92 Å². The lowest BCUT2D eigenvalue weighted by molar-refractivity contribution is 0.104. The largest absolute Gasteiger partial charge is 0.289 e. The van der Waals surface area contributed by atoms with Crippen molar-refractivity contribution in [3.8, 4) is 0 Å². The average molecular weight is 349 g/mol. The van der Waals surface area contributed by atoms with Gasteiger partial charge in [-0.05, 0) is 40.5 Å². The molecular weight excluding hydrogens is 339 g/mol. The molecule has 1 heterocycles. The van der Waals surface area contributed by atoms with Crippen molar-refractivity contribution < 1.29 is 9.18 Å². The van der Waals surface area contributed by atoms with Crippen LogP contribution in [0, 0.1) is 12.7 Å². The first-order valence-electron chi connectivity index (χ1n) is 6.04. The number of fused-ring (bicyclic) bond motifs is 1. The first kappa shape index (κ1) is 13.5.